The topological polar surface area (TPSA) is 80.5 Å². The number of methoxy groups -OCH3 is 1. The van der Waals surface area contributed by atoms with Crippen molar-refractivity contribution in [2.75, 3.05) is 26.7 Å². The van der Waals surface area contributed by atoms with E-state index < -0.39 is 0 Å². The summed E-state index contributed by atoms with van der Waals surface area (Å²) >= 11 is 6.04. The van der Waals surface area contributed by atoms with Gasteiger partial charge in [0.2, 0.25) is 17.6 Å². The van der Waals surface area contributed by atoms with Crippen LogP contribution in [-0.4, -0.2) is 47.7 Å². The van der Waals surface area contributed by atoms with Crippen LogP contribution >= 0.6 is 11.6 Å². The van der Waals surface area contributed by atoms with Gasteiger partial charge < -0.3 is 14.6 Å². The molecule has 1 saturated heterocycles. The van der Waals surface area contributed by atoms with E-state index in [4.69, 9.17) is 20.9 Å². The van der Waals surface area contributed by atoms with Gasteiger partial charge in [-0.05, 0) is 68.6 Å². The summed E-state index contributed by atoms with van der Waals surface area (Å²) in [5.74, 6) is 2.19. The van der Waals surface area contributed by atoms with Gasteiger partial charge in [-0.15, -0.1) is 0 Å². The zero-order valence-electron chi connectivity index (χ0n) is 18.8. The van der Waals surface area contributed by atoms with Gasteiger partial charge in [0, 0.05) is 23.0 Å². The molecule has 2 aromatic carbocycles. The van der Waals surface area contributed by atoms with Crippen LogP contribution in [0.25, 0.3) is 11.4 Å². The van der Waals surface area contributed by atoms with E-state index in [0.717, 1.165) is 50.1 Å². The average Bonchev–Trinajstić information content (AvgIpc) is 3.31. The van der Waals surface area contributed by atoms with Gasteiger partial charge in [0.05, 0.1) is 13.7 Å². The molecule has 0 unspecified atom stereocenters. The smallest absolute Gasteiger partial charge is 0.241 e. The number of benzene rings is 2. The Morgan fingerprint density at radius 2 is 2.00 bits per heavy atom. The van der Waals surface area contributed by atoms with Crippen LogP contribution in [0.1, 0.15) is 30.7 Å². The zero-order chi connectivity index (χ0) is 23.0. The molecule has 174 valence electrons. The normalized spacial score (nSPS) is 14.8. The lowest BCUT2D eigenvalue weighted by atomic mass is 9.96. The number of piperidine rings is 1. The van der Waals surface area contributed by atoms with Crippen LogP contribution in [0.2, 0.25) is 5.02 Å². The van der Waals surface area contributed by atoms with Gasteiger partial charge in [0.15, 0.2) is 0 Å². The van der Waals surface area contributed by atoms with Crippen LogP contribution in [0.15, 0.2) is 53.1 Å². The van der Waals surface area contributed by atoms with Crippen molar-refractivity contribution < 1.29 is 14.1 Å². The average molecular weight is 469 g/mol. The van der Waals surface area contributed by atoms with Gasteiger partial charge in [-0.3, -0.25) is 9.69 Å². The number of carbonyl (C=O) groups excluding carboxylic acids is 1. The van der Waals surface area contributed by atoms with Crippen molar-refractivity contribution in [3.63, 3.8) is 0 Å². The molecule has 0 bridgehead atoms. The highest BCUT2D eigenvalue weighted by atomic mass is 35.5. The fourth-order valence-corrected chi connectivity index (χ4v) is 4.24. The molecule has 3 aromatic rings. The number of hydrogen-bond donors (Lipinski definition) is 1. The van der Waals surface area contributed by atoms with Crippen LogP contribution in [0.3, 0.4) is 0 Å². The summed E-state index contributed by atoms with van der Waals surface area (Å²) in [5, 5.41) is 7.81. The molecule has 1 aliphatic heterocycles. The van der Waals surface area contributed by atoms with E-state index in [1.165, 1.54) is 5.56 Å². The number of hydrogen-bond acceptors (Lipinski definition) is 6. The van der Waals surface area contributed by atoms with E-state index >= 15 is 0 Å². The third-order valence-electron chi connectivity index (χ3n) is 5.97. The van der Waals surface area contributed by atoms with E-state index in [1.807, 2.05) is 36.4 Å². The summed E-state index contributed by atoms with van der Waals surface area (Å²) in [7, 11) is 1.67. The van der Waals surface area contributed by atoms with Crippen LogP contribution in [0, 0.1) is 5.92 Å². The van der Waals surface area contributed by atoms with Gasteiger partial charge in [0.25, 0.3) is 0 Å². The Labute approximate surface area is 199 Å². The molecule has 0 spiro atoms. The molecule has 0 saturated carbocycles. The maximum atomic E-state index is 12.5. The second-order valence-corrected chi connectivity index (χ2v) is 8.75. The summed E-state index contributed by atoms with van der Waals surface area (Å²) in [6, 6.07) is 15.5. The minimum absolute atomic E-state index is 0.0620. The molecule has 33 heavy (non-hydrogen) atoms. The van der Waals surface area contributed by atoms with Gasteiger partial charge in [-0.2, -0.15) is 4.98 Å². The molecule has 8 heteroatoms. The number of carbonyl (C=O) groups is 1. The molecule has 1 N–H and O–H groups in total. The van der Waals surface area contributed by atoms with Gasteiger partial charge >= 0.3 is 0 Å². The summed E-state index contributed by atoms with van der Waals surface area (Å²) in [6.45, 7) is 2.95. The van der Waals surface area contributed by atoms with Crippen LogP contribution in [0.4, 0.5) is 0 Å². The molecular weight excluding hydrogens is 440 g/mol. The second-order valence-electron chi connectivity index (χ2n) is 8.32. The maximum absolute atomic E-state index is 12.5. The first-order valence-electron chi connectivity index (χ1n) is 11.3. The Hall–Kier alpha value is -2.90. The summed E-state index contributed by atoms with van der Waals surface area (Å²) in [4.78, 5) is 19.3. The number of rotatable bonds is 9. The van der Waals surface area contributed by atoms with Gasteiger partial charge in [0.1, 0.15) is 5.75 Å². The predicted octanol–water partition coefficient (Wildman–Crippen LogP) is 4.36. The summed E-state index contributed by atoms with van der Waals surface area (Å²) in [6.07, 6.45) is 3.52. The number of amides is 1. The van der Waals surface area contributed by atoms with Crippen LogP contribution < -0.4 is 10.1 Å². The van der Waals surface area contributed by atoms with Crippen molar-refractivity contribution in [1.29, 1.82) is 0 Å². The van der Waals surface area contributed by atoms with Crippen LogP contribution in [-0.2, 0) is 17.8 Å². The first-order valence-corrected chi connectivity index (χ1v) is 11.7. The lowest BCUT2D eigenvalue weighted by molar-refractivity contribution is -0.126. The van der Waals surface area contributed by atoms with Gasteiger partial charge in [-0.25, -0.2) is 0 Å². The Morgan fingerprint density at radius 3 is 2.73 bits per heavy atom. The van der Waals surface area contributed by atoms with E-state index in [-0.39, 0.29) is 11.8 Å². The lowest BCUT2D eigenvalue weighted by Gasteiger charge is -2.30. The van der Waals surface area contributed by atoms with Crippen LogP contribution in [0.5, 0.6) is 5.75 Å². The third-order valence-corrected chi connectivity index (χ3v) is 6.20. The standard InChI is InChI=1S/C25H29ClN4O3/c1-32-22-9-7-18(8-10-22)4-3-13-27-25(31)19-11-14-30(15-12-19)17-23-28-24(29-33-23)20-5-2-6-21(26)16-20/h2,5-10,16,19H,3-4,11-15,17H2,1H3,(H,27,31). The predicted molar refractivity (Wildman–Crippen MR) is 127 cm³/mol. The SMILES string of the molecule is COc1ccc(CCCNC(=O)C2CCN(Cc3nc(-c4cccc(Cl)c4)no3)CC2)cc1. The number of aromatic nitrogens is 2. The molecule has 0 aliphatic carbocycles. The first kappa shape index (κ1) is 23.3. The first-order chi connectivity index (χ1) is 16.1. The molecule has 0 radical (unpaired) electrons. The Bertz CT molecular complexity index is 1050. The van der Waals surface area contributed by atoms with E-state index in [9.17, 15) is 4.79 Å². The largest absolute Gasteiger partial charge is 0.497 e. The second kappa shape index (κ2) is 11.3. The Balaban J connectivity index is 1.16. The molecule has 1 amide bonds. The fourth-order valence-electron chi connectivity index (χ4n) is 4.05. The molecular formula is C25H29ClN4O3. The number of halogens is 1. The van der Waals surface area contributed by atoms with Crippen molar-refractivity contribution in [1.82, 2.24) is 20.4 Å². The highest BCUT2D eigenvalue weighted by Crippen LogP contribution is 2.22. The number of nitrogens with one attached hydrogen (secondary N) is 1. The number of likely N-dealkylation sites (tertiary alicyclic amines) is 1. The van der Waals surface area contributed by atoms with Crippen molar-refractivity contribution in [3.05, 3.63) is 65.0 Å². The van der Waals surface area contributed by atoms with E-state index in [0.29, 0.717) is 29.8 Å². The zero-order valence-corrected chi connectivity index (χ0v) is 19.6. The van der Waals surface area contributed by atoms with E-state index in [1.54, 1.807) is 7.11 Å². The monoisotopic (exact) mass is 468 g/mol. The highest BCUT2D eigenvalue weighted by Gasteiger charge is 2.25. The van der Waals surface area contributed by atoms with Crippen molar-refractivity contribution in [3.8, 4) is 17.1 Å². The fraction of sp³-hybridized carbons (Fsp3) is 0.400. The molecule has 0 atom stereocenters. The lowest BCUT2D eigenvalue weighted by Crippen LogP contribution is -2.40. The van der Waals surface area contributed by atoms with Crippen molar-refractivity contribution >= 4 is 17.5 Å². The molecule has 1 fully saturated rings. The highest BCUT2D eigenvalue weighted by molar-refractivity contribution is 6.30. The number of aryl methyl sites for hydroxylation is 1. The van der Waals surface area contributed by atoms with Crippen molar-refractivity contribution in [2.24, 2.45) is 5.92 Å². The molecule has 1 aliphatic rings. The van der Waals surface area contributed by atoms with E-state index in [2.05, 4.69) is 32.5 Å². The molecule has 1 aromatic heterocycles. The third kappa shape index (κ3) is 6.55. The van der Waals surface area contributed by atoms with Crippen molar-refractivity contribution in [2.45, 2.75) is 32.2 Å². The number of nitrogens with zero attached hydrogens (tertiary/aromatic N) is 3. The maximum Gasteiger partial charge on any atom is 0.241 e. The molecule has 2 heterocycles. The molecule has 4 rings (SSSR count). The summed E-state index contributed by atoms with van der Waals surface area (Å²) in [5.41, 5.74) is 2.08. The Morgan fingerprint density at radius 1 is 1.21 bits per heavy atom. The summed E-state index contributed by atoms with van der Waals surface area (Å²) < 4.78 is 10.6. The minimum atomic E-state index is 0.0620. The minimum Gasteiger partial charge on any atom is -0.497 e. The quantitative estimate of drug-likeness (QED) is 0.470. The van der Waals surface area contributed by atoms with Gasteiger partial charge in [-0.1, -0.05) is 41.0 Å². The number of ether oxygens (including phenoxy) is 1. The Kier molecular flexibility index (Phi) is 7.96. The molecule has 7 nitrogen and oxygen atoms in total.